The van der Waals surface area contributed by atoms with Gasteiger partial charge in [-0.15, -0.1) is 17.9 Å². The molecule has 0 saturated heterocycles. The van der Waals surface area contributed by atoms with Crippen LogP contribution >= 0.6 is 11.3 Å². The van der Waals surface area contributed by atoms with Gasteiger partial charge in [0.1, 0.15) is 0 Å². The Bertz CT molecular complexity index is 580. The van der Waals surface area contributed by atoms with E-state index in [-0.39, 0.29) is 5.54 Å². The lowest BCUT2D eigenvalue weighted by Crippen LogP contribution is -2.35. The molecule has 108 valence electrons. The van der Waals surface area contributed by atoms with Crippen molar-refractivity contribution < 1.29 is 4.74 Å². The van der Waals surface area contributed by atoms with Gasteiger partial charge in [-0.1, -0.05) is 24.3 Å². The quantitative estimate of drug-likeness (QED) is 0.625. The number of nitrogens with one attached hydrogen (secondary N) is 1. The Morgan fingerprint density at radius 3 is 2.75 bits per heavy atom. The van der Waals surface area contributed by atoms with Crippen LogP contribution in [0.15, 0.2) is 36.9 Å². The Balaban J connectivity index is 2.26. The second-order valence-corrected chi connectivity index (χ2v) is 7.04. The van der Waals surface area contributed by atoms with Gasteiger partial charge >= 0.3 is 0 Å². The Morgan fingerprint density at radius 2 is 2.05 bits per heavy atom. The van der Waals surface area contributed by atoms with E-state index in [1.807, 2.05) is 11.3 Å². The van der Waals surface area contributed by atoms with Gasteiger partial charge in [-0.05, 0) is 32.2 Å². The van der Waals surface area contributed by atoms with Gasteiger partial charge < -0.3 is 10.1 Å². The van der Waals surface area contributed by atoms with E-state index < -0.39 is 0 Å². The maximum atomic E-state index is 5.67. The zero-order chi connectivity index (χ0) is 14.6. The van der Waals surface area contributed by atoms with Crippen molar-refractivity contribution in [1.29, 1.82) is 0 Å². The second-order valence-electron chi connectivity index (χ2n) is 5.91. The van der Waals surface area contributed by atoms with Gasteiger partial charge in [-0.3, -0.25) is 0 Å². The molecule has 0 fully saturated rings. The van der Waals surface area contributed by atoms with Crippen LogP contribution in [0.25, 0.3) is 10.1 Å². The van der Waals surface area contributed by atoms with Crippen molar-refractivity contribution in [2.24, 2.45) is 0 Å². The van der Waals surface area contributed by atoms with Crippen LogP contribution in [-0.2, 0) is 17.9 Å². The third-order valence-electron chi connectivity index (χ3n) is 3.04. The summed E-state index contributed by atoms with van der Waals surface area (Å²) < 4.78 is 7.00. The first-order valence-corrected chi connectivity index (χ1v) is 7.76. The predicted molar refractivity (Wildman–Crippen MR) is 88.3 cm³/mol. The Labute approximate surface area is 125 Å². The number of benzene rings is 1. The molecule has 1 aromatic heterocycles. The van der Waals surface area contributed by atoms with Crippen LogP contribution < -0.4 is 5.32 Å². The molecule has 1 aromatic carbocycles. The minimum absolute atomic E-state index is 0.120. The third-order valence-corrected chi connectivity index (χ3v) is 4.26. The molecular formula is C17H23NOS. The highest BCUT2D eigenvalue weighted by Gasteiger charge is 2.15. The summed E-state index contributed by atoms with van der Waals surface area (Å²) in [6.07, 6.45) is 1.79. The number of ether oxygens (including phenoxy) is 1. The molecule has 0 aliphatic rings. The molecule has 0 spiro atoms. The highest BCUT2D eigenvalue weighted by atomic mass is 32.1. The predicted octanol–water partition coefficient (Wildman–Crippen LogP) is 4.49. The minimum atomic E-state index is 0.120. The van der Waals surface area contributed by atoms with E-state index in [0.29, 0.717) is 13.2 Å². The first-order chi connectivity index (χ1) is 9.51. The SMILES string of the molecule is C=CCOCc1c(CNC(C)(C)C)sc2ccccc12. The first-order valence-electron chi connectivity index (χ1n) is 6.94. The summed E-state index contributed by atoms with van der Waals surface area (Å²) in [5.41, 5.74) is 1.43. The largest absolute Gasteiger partial charge is 0.373 e. The van der Waals surface area contributed by atoms with Crippen molar-refractivity contribution >= 4 is 21.4 Å². The summed E-state index contributed by atoms with van der Waals surface area (Å²) in [6.45, 7) is 12.4. The van der Waals surface area contributed by atoms with E-state index in [9.17, 15) is 0 Å². The zero-order valence-corrected chi connectivity index (χ0v) is 13.3. The first kappa shape index (κ1) is 15.2. The van der Waals surface area contributed by atoms with Gasteiger partial charge in [-0.25, -0.2) is 0 Å². The molecule has 0 amide bonds. The lowest BCUT2D eigenvalue weighted by Gasteiger charge is -2.20. The molecule has 20 heavy (non-hydrogen) atoms. The molecule has 3 heteroatoms. The normalized spacial score (nSPS) is 11.9. The molecule has 0 bridgehead atoms. The number of hydrogen-bond acceptors (Lipinski definition) is 3. The van der Waals surface area contributed by atoms with Crippen molar-refractivity contribution in [2.45, 2.75) is 39.5 Å². The highest BCUT2D eigenvalue weighted by molar-refractivity contribution is 7.19. The van der Waals surface area contributed by atoms with Gasteiger partial charge in [0.05, 0.1) is 13.2 Å². The van der Waals surface area contributed by atoms with E-state index in [4.69, 9.17) is 4.74 Å². The Hall–Kier alpha value is -1.16. The van der Waals surface area contributed by atoms with E-state index in [1.165, 1.54) is 20.5 Å². The van der Waals surface area contributed by atoms with Crippen LogP contribution in [0.2, 0.25) is 0 Å². The van der Waals surface area contributed by atoms with Crippen molar-refractivity contribution in [3.8, 4) is 0 Å². The topological polar surface area (TPSA) is 21.3 Å². The lowest BCUT2D eigenvalue weighted by atomic mass is 10.1. The molecule has 2 nitrogen and oxygen atoms in total. The van der Waals surface area contributed by atoms with E-state index in [2.05, 4.69) is 56.9 Å². The molecule has 0 saturated carbocycles. The summed E-state index contributed by atoms with van der Waals surface area (Å²) in [7, 11) is 0. The fourth-order valence-electron chi connectivity index (χ4n) is 2.04. The van der Waals surface area contributed by atoms with Crippen molar-refractivity contribution in [3.05, 3.63) is 47.4 Å². The third kappa shape index (κ3) is 3.92. The van der Waals surface area contributed by atoms with E-state index >= 15 is 0 Å². The number of thiophene rings is 1. The molecular weight excluding hydrogens is 266 g/mol. The summed E-state index contributed by atoms with van der Waals surface area (Å²) in [5.74, 6) is 0. The standard InChI is InChI=1S/C17H23NOS/c1-5-10-19-12-14-13-8-6-7-9-15(13)20-16(14)11-18-17(2,3)4/h5-9,18H,1,10-12H2,2-4H3. The van der Waals surface area contributed by atoms with Crippen molar-refractivity contribution in [3.63, 3.8) is 0 Å². The average Bonchev–Trinajstić information content (AvgIpc) is 2.74. The summed E-state index contributed by atoms with van der Waals surface area (Å²) in [6, 6.07) is 8.54. The van der Waals surface area contributed by atoms with E-state index in [1.54, 1.807) is 6.08 Å². The van der Waals surface area contributed by atoms with Crippen LogP contribution in [0.1, 0.15) is 31.2 Å². The molecule has 0 aliphatic carbocycles. The molecule has 1 heterocycles. The van der Waals surface area contributed by atoms with Crippen LogP contribution in [0, 0.1) is 0 Å². The number of hydrogen-bond donors (Lipinski definition) is 1. The average molecular weight is 289 g/mol. The minimum Gasteiger partial charge on any atom is -0.373 e. The Morgan fingerprint density at radius 1 is 1.30 bits per heavy atom. The van der Waals surface area contributed by atoms with E-state index in [0.717, 1.165) is 6.54 Å². The second kappa shape index (κ2) is 6.53. The van der Waals surface area contributed by atoms with Gasteiger partial charge in [0, 0.05) is 27.2 Å². The summed E-state index contributed by atoms with van der Waals surface area (Å²) >= 11 is 1.85. The summed E-state index contributed by atoms with van der Waals surface area (Å²) in [5, 5.41) is 4.88. The lowest BCUT2D eigenvalue weighted by molar-refractivity contribution is 0.149. The smallest absolute Gasteiger partial charge is 0.0738 e. The summed E-state index contributed by atoms with van der Waals surface area (Å²) in [4.78, 5) is 1.37. The van der Waals surface area contributed by atoms with Gasteiger partial charge in [-0.2, -0.15) is 0 Å². The van der Waals surface area contributed by atoms with Crippen LogP contribution in [0.4, 0.5) is 0 Å². The van der Waals surface area contributed by atoms with Gasteiger partial charge in [0.25, 0.3) is 0 Å². The van der Waals surface area contributed by atoms with Crippen LogP contribution in [-0.4, -0.2) is 12.1 Å². The molecule has 0 unspecified atom stereocenters. The van der Waals surface area contributed by atoms with Crippen LogP contribution in [0.5, 0.6) is 0 Å². The molecule has 0 atom stereocenters. The highest BCUT2D eigenvalue weighted by Crippen LogP contribution is 2.32. The Kier molecular flexibility index (Phi) is 4.97. The van der Waals surface area contributed by atoms with Crippen molar-refractivity contribution in [1.82, 2.24) is 5.32 Å². The molecule has 0 aliphatic heterocycles. The fourth-order valence-corrected chi connectivity index (χ4v) is 3.19. The fraction of sp³-hybridized carbons (Fsp3) is 0.412. The molecule has 2 rings (SSSR count). The molecule has 1 N–H and O–H groups in total. The maximum Gasteiger partial charge on any atom is 0.0738 e. The van der Waals surface area contributed by atoms with Crippen molar-refractivity contribution in [2.75, 3.05) is 6.61 Å². The maximum absolute atomic E-state index is 5.67. The van der Waals surface area contributed by atoms with Gasteiger partial charge in [0.15, 0.2) is 0 Å². The molecule has 0 radical (unpaired) electrons. The molecule has 2 aromatic rings. The monoisotopic (exact) mass is 289 g/mol. The number of rotatable bonds is 6. The number of fused-ring (bicyclic) bond motifs is 1. The zero-order valence-electron chi connectivity index (χ0n) is 12.5. The van der Waals surface area contributed by atoms with Crippen LogP contribution in [0.3, 0.4) is 0 Å². The van der Waals surface area contributed by atoms with Gasteiger partial charge in [0.2, 0.25) is 0 Å².